The van der Waals surface area contributed by atoms with Crippen LogP contribution in [-0.4, -0.2) is 16.9 Å². The summed E-state index contributed by atoms with van der Waals surface area (Å²) in [6.07, 6.45) is 4.81. The van der Waals surface area contributed by atoms with Crippen LogP contribution >= 0.6 is 11.3 Å². The summed E-state index contributed by atoms with van der Waals surface area (Å²) in [5.41, 5.74) is 2.51. The second-order valence-electron chi connectivity index (χ2n) is 6.21. The summed E-state index contributed by atoms with van der Waals surface area (Å²) in [6, 6.07) is 0.299. The molecule has 1 aliphatic rings. The summed E-state index contributed by atoms with van der Waals surface area (Å²) in [7, 11) is 0. The Morgan fingerprint density at radius 2 is 2.11 bits per heavy atom. The van der Waals surface area contributed by atoms with E-state index in [1.165, 1.54) is 30.6 Å². The summed E-state index contributed by atoms with van der Waals surface area (Å²) < 4.78 is 0. The fraction of sp³-hybridized carbons (Fsp3) is 0.714. The monoisotopic (exact) mass is 266 g/mol. The predicted octanol–water partition coefficient (Wildman–Crippen LogP) is 3.48. The molecular weight excluding hydrogens is 244 g/mol. The molecule has 2 atom stereocenters. The zero-order valence-electron chi connectivity index (χ0n) is 11.4. The van der Waals surface area contributed by atoms with Crippen LogP contribution in [0.5, 0.6) is 0 Å². The molecule has 0 radical (unpaired) electrons. The Kier molecular flexibility index (Phi) is 4.05. The Balaban J connectivity index is 2.04. The number of rotatable bonds is 2. The van der Waals surface area contributed by atoms with Crippen LogP contribution in [0, 0.1) is 11.3 Å². The minimum Gasteiger partial charge on any atom is -0.348 e. The van der Waals surface area contributed by atoms with Gasteiger partial charge in [-0.3, -0.25) is 4.79 Å². The van der Waals surface area contributed by atoms with Gasteiger partial charge in [0, 0.05) is 11.4 Å². The largest absolute Gasteiger partial charge is 0.348 e. The third-order valence-electron chi connectivity index (χ3n) is 3.86. The van der Waals surface area contributed by atoms with E-state index >= 15 is 0 Å². The number of carbonyl (C=O) groups is 1. The number of amides is 1. The first-order valence-corrected chi connectivity index (χ1v) is 7.62. The van der Waals surface area contributed by atoms with Gasteiger partial charge in [0.25, 0.3) is 5.91 Å². The molecule has 4 heteroatoms. The standard InChI is InChI=1S/C14H22N2OS/c1-14(2,3)10-6-4-5-7-11(10)16-13(17)12-8-18-9-15-12/h8-11H,4-7H2,1-3H3,(H,16,17). The molecule has 1 saturated carbocycles. The summed E-state index contributed by atoms with van der Waals surface area (Å²) in [5, 5.41) is 4.99. The van der Waals surface area contributed by atoms with Gasteiger partial charge in [0.1, 0.15) is 5.69 Å². The van der Waals surface area contributed by atoms with E-state index < -0.39 is 0 Å². The zero-order chi connectivity index (χ0) is 13.2. The van der Waals surface area contributed by atoms with Crippen molar-refractivity contribution in [1.29, 1.82) is 0 Å². The number of hydrogen-bond donors (Lipinski definition) is 1. The average Bonchev–Trinajstić information content (AvgIpc) is 2.81. The molecule has 1 aromatic rings. The lowest BCUT2D eigenvalue weighted by Gasteiger charge is -2.40. The highest BCUT2D eigenvalue weighted by Crippen LogP contribution is 2.38. The van der Waals surface area contributed by atoms with Crippen LogP contribution in [0.2, 0.25) is 0 Å². The number of nitrogens with zero attached hydrogens (tertiary/aromatic N) is 1. The Bertz CT molecular complexity index is 394. The van der Waals surface area contributed by atoms with Crippen LogP contribution in [0.3, 0.4) is 0 Å². The highest BCUT2D eigenvalue weighted by molar-refractivity contribution is 7.07. The fourth-order valence-corrected chi connectivity index (χ4v) is 3.44. The van der Waals surface area contributed by atoms with Crippen LogP contribution < -0.4 is 5.32 Å². The van der Waals surface area contributed by atoms with E-state index in [9.17, 15) is 4.79 Å². The van der Waals surface area contributed by atoms with Gasteiger partial charge in [0.05, 0.1) is 5.51 Å². The maximum Gasteiger partial charge on any atom is 0.270 e. The van der Waals surface area contributed by atoms with Crippen molar-refractivity contribution in [3.05, 3.63) is 16.6 Å². The molecule has 0 saturated heterocycles. The normalized spacial score (nSPS) is 24.8. The lowest BCUT2D eigenvalue weighted by molar-refractivity contribution is 0.0826. The summed E-state index contributed by atoms with van der Waals surface area (Å²) in [6.45, 7) is 6.81. The highest BCUT2D eigenvalue weighted by atomic mass is 32.1. The number of thiazole rings is 1. The molecule has 3 nitrogen and oxygen atoms in total. The third kappa shape index (κ3) is 3.10. The number of nitrogens with one attached hydrogen (secondary N) is 1. The van der Waals surface area contributed by atoms with Gasteiger partial charge in [-0.25, -0.2) is 4.98 Å². The highest BCUT2D eigenvalue weighted by Gasteiger charge is 2.35. The Labute approximate surface area is 113 Å². The van der Waals surface area contributed by atoms with Gasteiger partial charge in [0.2, 0.25) is 0 Å². The van der Waals surface area contributed by atoms with E-state index in [0.717, 1.165) is 6.42 Å². The molecule has 1 N–H and O–H groups in total. The molecule has 1 aliphatic carbocycles. The van der Waals surface area contributed by atoms with Gasteiger partial charge in [-0.15, -0.1) is 11.3 Å². The van der Waals surface area contributed by atoms with Crippen LogP contribution in [0.4, 0.5) is 0 Å². The Morgan fingerprint density at radius 3 is 2.72 bits per heavy atom. The summed E-state index contributed by atoms with van der Waals surface area (Å²) in [4.78, 5) is 16.2. The van der Waals surface area contributed by atoms with Crippen LogP contribution in [0.15, 0.2) is 10.9 Å². The topological polar surface area (TPSA) is 42.0 Å². The van der Waals surface area contributed by atoms with Crippen LogP contribution in [-0.2, 0) is 0 Å². The second-order valence-corrected chi connectivity index (χ2v) is 6.93. The van der Waals surface area contributed by atoms with Gasteiger partial charge in [-0.1, -0.05) is 33.6 Å². The van der Waals surface area contributed by atoms with E-state index in [1.54, 1.807) is 5.51 Å². The molecule has 0 aromatic carbocycles. The van der Waals surface area contributed by atoms with Crippen molar-refractivity contribution in [3.8, 4) is 0 Å². The van der Waals surface area contributed by atoms with Gasteiger partial charge < -0.3 is 5.32 Å². The second kappa shape index (κ2) is 5.39. The quantitative estimate of drug-likeness (QED) is 0.890. The number of aromatic nitrogens is 1. The molecular formula is C14H22N2OS. The molecule has 1 amide bonds. The van der Waals surface area contributed by atoms with Crippen molar-refractivity contribution in [1.82, 2.24) is 10.3 Å². The smallest absolute Gasteiger partial charge is 0.270 e. The van der Waals surface area contributed by atoms with E-state index in [0.29, 0.717) is 17.7 Å². The van der Waals surface area contributed by atoms with Gasteiger partial charge >= 0.3 is 0 Å². The molecule has 1 fully saturated rings. The first-order valence-electron chi connectivity index (χ1n) is 6.67. The third-order valence-corrected chi connectivity index (χ3v) is 4.45. The van der Waals surface area contributed by atoms with Crippen molar-refractivity contribution in [2.75, 3.05) is 0 Å². The fourth-order valence-electron chi connectivity index (χ4n) is 2.91. The van der Waals surface area contributed by atoms with E-state index in [4.69, 9.17) is 0 Å². The molecule has 2 unspecified atom stereocenters. The van der Waals surface area contributed by atoms with Crippen molar-refractivity contribution in [2.45, 2.75) is 52.5 Å². The predicted molar refractivity (Wildman–Crippen MR) is 74.8 cm³/mol. The Morgan fingerprint density at radius 1 is 1.39 bits per heavy atom. The zero-order valence-corrected chi connectivity index (χ0v) is 12.2. The molecule has 0 bridgehead atoms. The molecule has 100 valence electrons. The lowest BCUT2D eigenvalue weighted by atomic mass is 9.69. The molecule has 18 heavy (non-hydrogen) atoms. The van der Waals surface area contributed by atoms with Gasteiger partial charge in [0.15, 0.2) is 0 Å². The van der Waals surface area contributed by atoms with Crippen molar-refractivity contribution < 1.29 is 4.79 Å². The van der Waals surface area contributed by atoms with E-state index in [1.807, 2.05) is 5.38 Å². The molecule has 1 aromatic heterocycles. The van der Waals surface area contributed by atoms with Crippen molar-refractivity contribution in [3.63, 3.8) is 0 Å². The van der Waals surface area contributed by atoms with Gasteiger partial charge in [-0.05, 0) is 24.2 Å². The minimum atomic E-state index is -0.0163. The SMILES string of the molecule is CC(C)(C)C1CCCCC1NC(=O)c1cscn1. The van der Waals surface area contributed by atoms with Crippen molar-refractivity contribution in [2.24, 2.45) is 11.3 Å². The number of hydrogen-bond acceptors (Lipinski definition) is 3. The number of carbonyl (C=O) groups excluding carboxylic acids is 1. The molecule has 1 heterocycles. The summed E-state index contributed by atoms with van der Waals surface area (Å²) in [5.74, 6) is 0.547. The van der Waals surface area contributed by atoms with Gasteiger partial charge in [-0.2, -0.15) is 0 Å². The first kappa shape index (κ1) is 13.5. The maximum atomic E-state index is 12.1. The Hall–Kier alpha value is -0.900. The maximum absolute atomic E-state index is 12.1. The van der Waals surface area contributed by atoms with Crippen LogP contribution in [0.25, 0.3) is 0 Å². The lowest BCUT2D eigenvalue weighted by Crippen LogP contribution is -2.46. The minimum absolute atomic E-state index is 0.0163. The molecule has 0 aliphatic heterocycles. The molecule has 2 rings (SSSR count). The first-order chi connectivity index (χ1) is 8.48. The van der Waals surface area contributed by atoms with E-state index in [2.05, 4.69) is 31.1 Å². The summed E-state index contributed by atoms with van der Waals surface area (Å²) >= 11 is 1.46. The molecule has 0 spiro atoms. The average molecular weight is 266 g/mol. The van der Waals surface area contributed by atoms with E-state index in [-0.39, 0.29) is 11.3 Å². The van der Waals surface area contributed by atoms with Crippen LogP contribution in [0.1, 0.15) is 56.9 Å². The van der Waals surface area contributed by atoms with Crippen molar-refractivity contribution >= 4 is 17.2 Å².